The van der Waals surface area contributed by atoms with Crippen LogP contribution in [0, 0.1) is 6.92 Å². The minimum atomic E-state index is -0.983. The molecule has 0 aliphatic heterocycles. The molecule has 0 saturated heterocycles. The number of rotatable bonds is 5. The fraction of sp³-hybridized carbons (Fsp3) is 0.273. The largest absolute Gasteiger partial charge is 0.480 e. The first-order chi connectivity index (χ1) is 7.59. The second-order valence-corrected chi connectivity index (χ2v) is 3.36. The average Bonchev–Trinajstić information content (AvgIpc) is 2.21. The molecule has 5 nitrogen and oxygen atoms in total. The van der Waals surface area contributed by atoms with Gasteiger partial charge in [0, 0.05) is 5.69 Å². The highest BCUT2D eigenvalue weighted by Crippen LogP contribution is 2.12. The predicted octanol–water partition coefficient (Wildman–Crippen LogP) is 0.608. The van der Waals surface area contributed by atoms with Crippen molar-refractivity contribution in [3.63, 3.8) is 0 Å². The molecule has 0 aliphatic rings. The summed E-state index contributed by atoms with van der Waals surface area (Å²) >= 11 is 0. The Morgan fingerprint density at radius 1 is 1.25 bits per heavy atom. The average molecular weight is 222 g/mol. The van der Waals surface area contributed by atoms with Gasteiger partial charge < -0.3 is 10.4 Å². The van der Waals surface area contributed by atoms with Crippen LogP contribution in [0.4, 0.5) is 5.69 Å². The van der Waals surface area contributed by atoms with Gasteiger partial charge in [-0.1, -0.05) is 18.2 Å². The van der Waals surface area contributed by atoms with Gasteiger partial charge in [0.2, 0.25) is 5.91 Å². The molecule has 0 atom stereocenters. The van der Waals surface area contributed by atoms with Crippen LogP contribution in [0.3, 0.4) is 0 Å². The number of hydrogen-bond donors (Lipinski definition) is 3. The maximum atomic E-state index is 11.4. The van der Waals surface area contributed by atoms with Crippen LogP contribution >= 0.6 is 0 Å². The lowest BCUT2D eigenvalue weighted by Crippen LogP contribution is -2.31. The van der Waals surface area contributed by atoms with Crippen molar-refractivity contribution in [2.75, 3.05) is 18.4 Å². The van der Waals surface area contributed by atoms with Gasteiger partial charge in [-0.15, -0.1) is 0 Å². The second kappa shape index (κ2) is 5.87. The smallest absolute Gasteiger partial charge is 0.317 e. The van der Waals surface area contributed by atoms with Gasteiger partial charge in [0.25, 0.3) is 0 Å². The molecule has 0 unspecified atom stereocenters. The SMILES string of the molecule is Cc1ccccc1NC(=O)CNCC(=O)O. The van der Waals surface area contributed by atoms with E-state index >= 15 is 0 Å². The Hall–Kier alpha value is -1.88. The lowest BCUT2D eigenvalue weighted by Gasteiger charge is -2.07. The highest BCUT2D eigenvalue weighted by molar-refractivity contribution is 5.93. The Kier molecular flexibility index (Phi) is 4.47. The highest BCUT2D eigenvalue weighted by Gasteiger charge is 2.04. The summed E-state index contributed by atoms with van der Waals surface area (Å²) in [5.41, 5.74) is 1.71. The van der Waals surface area contributed by atoms with Crippen LogP contribution in [0.15, 0.2) is 24.3 Å². The van der Waals surface area contributed by atoms with Gasteiger partial charge in [0.05, 0.1) is 13.1 Å². The van der Waals surface area contributed by atoms with E-state index in [0.29, 0.717) is 0 Å². The molecular weight excluding hydrogens is 208 g/mol. The molecule has 3 N–H and O–H groups in total. The second-order valence-electron chi connectivity index (χ2n) is 3.36. The van der Waals surface area contributed by atoms with Crippen LogP contribution in [-0.2, 0) is 9.59 Å². The Morgan fingerprint density at radius 2 is 1.94 bits per heavy atom. The van der Waals surface area contributed by atoms with Crippen molar-refractivity contribution in [3.05, 3.63) is 29.8 Å². The molecule has 86 valence electrons. The molecule has 0 heterocycles. The predicted molar refractivity (Wildman–Crippen MR) is 60.3 cm³/mol. The third kappa shape index (κ3) is 4.10. The number of aliphatic carboxylic acids is 1. The van der Waals surface area contributed by atoms with Gasteiger partial charge in [0.1, 0.15) is 0 Å². The lowest BCUT2D eigenvalue weighted by atomic mass is 10.2. The summed E-state index contributed by atoms with van der Waals surface area (Å²) in [6, 6.07) is 7.39. The highest BCUT2D eigenvalue weighted by atomic mass is 16.4. The Morgan fingerprint density at radius 3 is 2.56 bits per heavy atom. The summed E-state index contributed by atoms with van der Waals surface area (Å²) in [7, 11) is 0. The first kappa shape index (κ1) is 12.2. The first-order valence-corrected chi connectivity index (χ1v) is 4.87. The van der Waals surface area contributed by atoms with E-state index in [1.54, 1.807) is 6.07 Å². The molecule has 0 bridgehead atoms. The first-order valence-electron chi connectivity index (χ1n) is 4.87. The number of carbonyl (C=O) groups is 2. The Bertz CT molecular complexity index is 391. The zero-order valence-corrected chi connectivity index (χ0v) is 8.99. The van der Waals surface area contributed by atoms with E-state index < -0.39 is 5.97 Å². The number of carboxylic acids is 1. The molecule has 5 heteroatoms. The monoisotopic (exact) mass is 222 g/mol. The minimum Gasteiger partial charge on any atom is -0.480 e. The number of amides is 1. The van der Waals surface area contributed by atoms with Crippen LogP contribution in [-0.4, -0.2) is 30.1 Å². The number of carboxylic acid groups (broad SMARTS) is 1. The third-order valence-electron chi connectivity index (χ3n) is 1.98. The van der Waals surface area contributed by atoms with Gasteiger partial charge in [-0.2, -0.15) is 0 Å². The summed E-state index contributed by atoms with van der Waals surface area (Å²) in [6.07, 6.45) is 0. The van der Waals surface area contributed by atoms with Crippen LogP contribution < -0.4 is 10.6 Å². The fourth-order valence-electron chi connectivity index (χ4n) is 1.19. The van der Waals surface area contributed by atoms with Crippen LogP contribution in [0.25, 0.3) is 0 Å². The number of carbonyl (C=O) groups excluding carboxylic acids is 1. The number of aryl methyl sites for hydroxylation is 1. The summed E-state index contributed by atoms with van der Waals surface area (Å²) in [5, 5.41) is 13.6. The molecule has 0 fully saturated rings. The maximum absolute atomic E-state index is 11.4. The quantitative estimate of drug-likeness (QED) is 0.682. The molecule has 1 rings (SSSR count). The van der Waals surface area contributed by atoms with Crippen LogP contribution in [0.2, 0.25) is 0 Å². The van der Waals surface area contributed by atoms with E-state index in [0.717, 1.165) is 11.3 Å². The number of benzene rings is 1. The van der Waals surface area contributed by atoms with E-state index in [-0.39, 0.29) is 19.0 Å². The Labute approximate surface area is 93.5 Å². The summed E-state index contributed by atoms with van der Waals surface area (Å²) in [5.74, 6) is -1.24. The van der Waals surface area contributed by atoms with Gasteiger partial charge in [-0.25, -0.2) is 0 Å². The van der Waals surface area contributed by atoms with Crippen LogP contribution in [0.5, 0.6) is 0 Å². The normalized spacial score (nSPS) is 9.81. The molecule has 0 aromatic heterocycles. The summed E-state index contributed by atoms with van der Waals surface area (Å²) < 4.78 is 0. The topological polar surface area (TPSA) is 78.4 Å². The maximum Gasteiger partial charge on any atom is 0.317 e. The third-order valence-corrected chi connectivity index (χ3v) is 1.98. The molecule has 1 amide bonds. The zero-order valence-electron chi connectivity index (χ0n) is 8.99. The number of hydrogen-bond acceptors (Lipinski definition) is 3. The van der Waals surface area contributed by atoms with Crippen molar-refractivity contribution in [3.8, 4) is 0 Å². The molecular formula is C11H14N2O3. The van der Waals surface area contributed by atoms with Crippen molar-refractivity contribution in [2.45, 2.75) is 6.92 Å². The molecule has 1 aromatic rings. The van der Waals surface area contributed by atoms with E-state index in [9.17, 15) is 9.59 Å². The molecule has 0 radical (unpaired) electrons. The van der Waals surface area contributed by atoms with Crippen molar-refractivity contribution in [1.82, 2.24) is 5.32 Å². The number of anilines is 1. The van der Waals surface area contributed by atoms with Gasteiger partial charge in [-0.05, 0) is 18.6 Å². The number of nitrogens with one attached hydrogen (secondary N) is 2. The van der Waals surface area contributed by atoms with E-state index in [1.165, 1.54) is 0 Å². The number of para-hydroxylation sites is 1. The lowest BCUT2D eigenvalue weighted by molar-refractivity contribution is -0.135. The molecule has 16 heavy (non-hydrogen) atoms. The van der Waals surface area contributed by atoms with Gasteiger partial charge in [0.15, 0.2) is 0 Å². The van der Waals surface area contributed by atoms with E-state index in [1.807, 2.05) is 25.1 Å². The van der Waals surface area contributed by atoms with E-state index in [2.05, 4.69) is 10.6 Å². The zero-order chi connectivity index (χ0) is 12.0. The van der Waals surface area contributed by atoms with Crippen molar-refractivity contribution in [1.29, 1.82) is 0 Å². The van der Waals surface area contributed by atoms with Crippen molar-refractivity contribution >= 4 is 17.6 Å². The van der Waals surface area contributed by atoms with E-state index in [4.69, 9.17) is 5.11 Å². The van der Waals surface area contributed by atoms with Crippen molar-refractivity contribution < 1.29 is 14.7 Å². The minimum absolute atomic E-state index is 0.0133. The van der Waals surface area contributed by atoms with Gasteiger partial charge >= 0.3 is 5.97 Å². The molecule has 0 aliphatic carbocycles. The van der Waals surface area contributed by atoms with Crippen LogP contribution in [0.1, 0.15) is 5.56 Å². The fourth-order valence-corrected chi connectivity index (χ4v) is 1.19. The van der Waals surface area contributed by atoms with Gasteiger partial charge in [-0.3, -0.25) is 14.9 Å². The summed E-state index contributed by atoms with van der Waals surface area (Å²) in [6.45, 7) is 1.65. The van der Waals surface area contributed by atoms with Crippen molar-refractivity contribution in [2.24, 2.45) is 0 Å². The standard InChI is InChI=1S/C11H14N2O3/c1-8-4-2-3-5-9(8)13-10(14)6-12-7-11(15)16/h2-5,12H,6-7H2,1H3,(H,13,14)(H,15,16). The molecule has 0 spiro atoms. The molecule has 1 aromatic carbocycles. The molecule has 0 saturated carbocycles. The Balaban J connectivity index is 2.40. The summed E-state index contributed by atoms with van der Waals surface area (Å²) in [4.78, 5) is 21.6.